The number of rotatable bonds is 6. The van der Waals surface area contributed by atoms with E-state index in [4.69, 9.17) is 4.18 Å². The number of benzene rings is 3. The van der Waals surface area contributed by atoms with Gasteiger partial charge in [-0.3, -0.25) is 4.79 Å². The van der Waals surface area contributed by atoms with Crippen LogP contribution in [0.15, 0.2) is 77.2 Å². The number of nitriles is 1. The zero-order chi connectivity index (χ0) is 23.3. The van der Waals surface area contributed by atoms with Crippen LogP contribution in [0.2, 0.25) is 0 Å². The molecule has 6 nitrogen and oxygen atoms in total. The van der Waals surface area contributed by atoms with Crippen LogP contribution in [-0.2, 0) is 14.9 Å². The summed E-state index contributed by atoms with van der Waals surface area (Å²) in [6, 6.07) is 19.9. The van der Waals surface area contributed by atoms with Crippen LogP contribution in [0.4, 0.5) is 5.69 Å². The van der Waals surface area contributed by atoms with E-state index in [1.165, 1.54) is 30.3 Å². The molecule has 0 radical (unpaired) electrons. The van der Waals surface area contributed by atoms with Gasteiger partial charge in [0, 0.05) is 5.69 Å². The Balaban J connectivity index is 1.82. The van der Waals surface area contributed by atoms with Crippen molar-refractivity contribution in [1.29, 1.82) is 5.26 Å². The van der Waals surface area contributed by atoms with E-state index in [0.29, 0.717) is 11.3 Å². The van der Waals surface area contributed by atoms with E-state index < -0.39 is 16.0 Å². The van der Waals surface area contributed by atoms with Crippen LogP contribution in [0.3, 0.4) is 0 Å². The van der Waals surface area contributed by atoms with Crippen LogP contribution < -0.4 is 9.50 Å². The van der Waals surface area contributed by atoms with Crippen molar-refractivity contribution in [2.45, 2.75) is 25.7 Å². The molecule has 0 atom stereocenters. The molecular weight excluding hydrogens is 424 g/mol. The van der Waals surface area contributed by atoms with Gasteiger partial charge in [0.05, 0.1) is 0 Å². The molecule has 0 bridgehead atoms. The van der Waals surface area contributed by atoms with Crippen LogP contribution >= 0.6 is 0 Å². The Kier molecular flexibility index (Phi) is 6.76. The molecule has 7 heteroatoms. The third-order valence-corrected chi connectivity index (χ3v) is 6.16. The third-order valence-electron chi connectivity index (χ3n) is 4.90. The second-order valence-corrected chi connectivity index (χ2v) is 8.84. The monoisotopic (exact) mass is 446 g/mol. The van der Waals surface area contributed by atoms with E-state index in [1.54, 1.807) is 30.3 Å². The van der Waals surface area contributed by atoms with Crippen LogP contribution in [0, 0.1) is 32.1 Å². The Hall–Kier alpha value is -3.89. The fourth-order valence-electron chi connectivity index (χ4n) is 2.93. The molecule has 0 unspecified atom stereocenters. The second kappa shape index (κ2) is 9.50. The van der Waals surface area contributed by atoms with Gasteiger partial charge >= 0.3 is 10.1 Å². The molecule has 0 spiro atoms. The van der Waals surface area contributed by atoms with Crippen molar-refractivity contribution in [3.63, 3.8) is 0 Å². The lowest BCUT2D eigenvalue weighted by atomic mass is 10.1. The predicted molar refractivity (Wildman–Crippen MR) is 124 cm³/mol. The second-order valence-electron chi connectivity index (χ2n) is 7.29. The van der Waals surface area contributed by atoms with Gasteiger partial charge in [-0.25, -0.2) is 0 Å². The van der Waals surface area contributed by atoms with E-state index in [-0.39, 0.29) is 16.2 Å². The number of carbonyl (C=O) groups is 1. The summed E-state index contributed by atoms with van der Waals surface area (Å²) in [7, 11) is -4.01. The molecule has 0 aliphatic heterocycles. The van der Waals surface area contributed by atoms with Gasteiger partial charge in [-0.05, 0) is 73.9 Å². The highest BCUT2D eigenvalue weighted by Crippen LogP contribution is 2.22. The van der Waals surface area contributed by atoms with E-state index in [9.17, 15) is 18.5 Å². The molecule has 32 heavy (non-hydrogen) atoms. The van der Waals surface area contributed by atoms with Gasteiger partial charge in [-0.15, -0.1) is 0 Å². The summed E-state index contributed by atoms with van der Waals surface area (Å²) in [5.41, 5.74) is 3.81. The largest absolute Gasteiger partial charge is 0.379 e. The van der Waals surface area contributed by atoms with Crippen molar-refractivity contribution in [3.05, 3.63) is 94.6 Å². The number of anilines is 1. The SMILES string of the molecule is Cc1ccc(S(=O)(=O)Oc2cccc(/C=C(/C#N)C(=O)Nc3cccc(C)c3C)c2)cc1. The van der Waals surface area contributed by atoms with Crippen molar-refractivity contribution >= 4 is 27.8 Å². The first-order valence-electron chi connectivity index (χ1n) is 9.80. The van der Waals surface area contributed by atoms with Gasteiger partial charge in [0.1, 0.15) is 22.3 Å². The molecule has 0 heterocycles. The maximum atomic E-state index is 12.6. The minimum Gasteiger partial charge on any atom is -0.379 e. The summed E-state index contributed by atoms with van der Waals surface area (Å²) >= 11 is 0. The average molecular weight is 447 g/mol. The van der Waals surface area contributed by atoms with E-state index in [0.717, 1.165) is 16.7 Å². The van der Waals surface area contributed by atoms with E-state index in [1.807, 2.05) is 39.0 Å². The maximum absolute atomic E-state index is 12.6. The predicted octanol–water partition coefficient (Wildman–Crippen LogP) is 4.93. The molecule has 0 aliphatic carbocycles. The number of hydrogen-bond acceptors (Lipinski definition) is 5. The molecule has 0 saturated heterocycles. The van der Waals surface area contributed by atoms with Crippen LogP contribution in [0.5, 0.6) is 5.75 Å². The minimum atomic E-state index is -4.01. The van der Waals surface area contributed by atoms with Crippen molar-refractivity contribution in [3.8, 4) is 11.8 Å². The summed E-state index contributed by atoms with van der Waals surface area (Å²) in [6.07, 6.45) is 1.38. The van der Waals surface area contributed by atoms with E-state index in [2.05, 4.69) is 5.32 Å². The maximum Gasteiger partial charge on any atom is 0.339 e. The molecular formula is C25H22N2O4S. The highest BCUT2D eigenvalue weighted by molar-refractivity contribution is 7.87. The third kappa shape index (κ3) is 5.42. The molecule has 0 aliphatic rings. The van der Waals surface area contributed by atoms with Crippen LogP contribution in [0.1, 0.15) is 22.3 Å². The summed E-state index contributed by atoms with van der Waals surface area (Å²) in [5, 5.41) is 12.2. The van der Waals surface area contributed by atoms with Crippen molar-refractivity contribution < 1.29 is 17.4 Å². The van der Waals surface area contributed by atoms with Crippen LogP contribution in [0.25, 0.3) is 6.08 Å². The number of aryl methyl sites for hydroxylation is 2. The Morgan fingerprint density at radius 1 is 1.00 bits per heavy atom. The molecule has 3 rings (SSSR count). The Morgan fingerprint density at radius 2 is 1.69 bits per heavy atom. The van der Waals surface area contributed by atoms with E-state index >= 15 is 0 Å². The molecule has 1 amide bonds. The average Bonchev–Trinajstić information content (AvgIpc) is 2.75. The smallest absolute Gasteiger partial charge is 0.339 e. The molecule has 0 fully saturated rings. The standard InChI is InChI=1S/C25H22N2O4S/c1-17-10-12-23(13-11-17)32(29,30)31-22-8-5-7-20(15-22)14-21(16-26)25(28)27-24-9-4-6-18(2)19(24)3/h4-15H,1-3H3,(H,27,28)/b21-14-. The topological polar surface area (TPSA) is 96.3 Å². The molecule has 3 aromatic rings. The first-order chi connectivity index (χ1) is 15.2. The van der Waals surface area contributed by atoms with Crippen LogP contribution in [-0.4, -0.2) is 14.3 Å². The summed E-state index contributed by atoms with van der Waals surface area (Å²) < 4.78 is 30.3. The minimum absolute atomic E-state index is 0.0367. The molecule has 0 aromatic heterocycles. The summed E-state index contributed by atoms with van der Waals surface area (Å²) in [6.45, 7) is 5.68. The summed E-state index contributed by atoms with van der Waals surface area (Å²) in [4.78, 5) is 12.6. The van der Waals surface area contributed by atoms with Gasteiger partial charge in [-0.2, -0.15) is 13.7 Å². The Morgan fingerprint density at radius 3 is 2.38 bits per heavy atom. The fraction of sp³-hybridized carbons (Fsp3) is 0.120. The molecule has 162 valence electrons. The molecule has 0 saturated carbocycles. The normalized spacial score (nSPS) is 11.5. The quantitative estimate of drug-likeness (QED) is 0.329. The first kappa shape index (κ1) is 22.8. The van der Waals surface area contributed by atoms with Gasteiger partial charge in [0.2, 0.25) is 0 Å². The van der Waals surface area contributed by atoms with Gasteiger partial charge in [0.15, 0.2) is 0 Å². The number of carbonyl (C=O) groups excluding carboxylic acids is 1. The van der Waals surface area contributed by atoms with Gasteiger partial charge < -0.3 is 9.50 Å². The number of nitrogens with zero attached hydrogens (tertiary/aromatic N) is 1. The van der Waals surface area contributed by atoms with Crippen molar-refractivity contribution in [2.75, 3.05) is 5.32 Å². The zero-order valence-electron chi connectivity index (χ0n) is 17.9. The highest BCUT2D eigenvalue weighted by atomic mass is 32.2. The lowest BCUT2D eigenvalue weighted by Gasteiger charge is -2.10. The zero-order valence-corrected chi connectivity index (χ0v) is 18.7. The Labute approximate surface area is 187 Å². The Bertz CT molecular complexity index is 1340. The first-order valence-corrected chi connectivity index (χ1v) is 11.2. The lowest BCUT2D eigenvalue weighted by molar-refractivity contribution is -0.112. The van der Waals surface area contributed by atoms with Gasteiger partial charge in [0.25, 0.3) is 5.91 Å². The fourth-order valence-corrected chi connectivity index (χ4v) is 3.85. The highest BCUT2D eigenvalue weighted by Gasteiger charge is 2.17. The summed E-state index contributed by atoms with van der Waals surface area (Å²) in [5.74, 6) is -0.480. The molecule has 3 aromatic carbocycles. The molecule has 1 N–H and O–H groups in total. The van der Waals surface area contributed by atoms with Crippen molar-refractivity contribution in [1.82, 2.24) is 0 Å². The number of amides is 1. The lowest BCUT2D eigenvalue weighted by Crippen LogP contribution is -2.14. The van der Waals surface area contributed by atoms with Crippen molar-refractivity contribution in [2.24, 2.45) is 0 Å². The number of nitrogens with one attached hydrogen (secondary N) is 1. The van der Waals surface area contributed by atoms with Gasteiger partial charge in [-0.1, -0.05) is 42.0 Å². The number of hydrogen-bond donors (Lipinski definition) is 1.